The average Bonchev–Trinajstić information content (AvgIpc) is 2.51. The van der Waals surface area contributed by atoms with Crippen molar-refractivity contribution in [1.29, 1.82) is 0 Å². The van der Waals surface area contributed by atoms with Gasteiger partial charge in [0, 0.05) is 25.3 Å². The second-order valence-corrected chi connectivity index (χ2v) is 4.86. The van der Waals surface area contributed by atoms with Gasteiger partial charge in [0.1, 0.15) is 5.82 Å². The summed E-state index contributed by atoms with van der Waals surface area (Å²) in [5, 5.41) is 5.13. The van der Waals surface area contributed by atoms with E-state index in [4.69, 9.17) is 4.74 Å². The van der Waals surface area contributed by atoms with Crippen LogP contribution in [0.2, 0.25) is 0 Å². The summed E-state index contributed by atoms with van der Waals surface area (Å²) in [5.41, 5.74) is 0.192. The molecule has 0 saturated carbocycles. The van der Waals surface area contributed by atoms with E-state index >= 15 is 0 Å². The van der Waals surface area contributed by atoms with Crippen molar-refractivity contribution in [3.63, 3.8) is 0 Å². The highest BCUT2D eigenvalue weighted by molar-refractivity contribution is 5.96. The fourth-order valence-electron chi connectivity index (χ4n) is 1.71. The maximum atomic E-state index is 13.0. The first-order valence-electron chi connectivity index (χ1n) is 7.51. The van der Waals surface area contributed by atoms with Crippen LogP contribution in [0.25, 0.3) is 0 Å². The number of carbonyl (C=O) groups excluding carboxylic acids is 2. The Morgan fingerprint density at radius 2 is 1.95 bits per heavy atom. The number of halogens is 1. The van der Waals surface area contributed by atoms with Crippen LogP contribution in [-0.2, 0) is 9.53 Å². The molecule has 2 N–H and O–H groups in total. The average molecular weight is 310 g/mol. The van der Waals surface area contributed by atoms with Crippen LogP contribution in [0.15, 0.2) is 24.3 Å². The summed E-state index contributed by atoms with van der Waals surface area (Å²) in [6, 6.07) is 5.32. The quantitative estimate of drug-likeness (QED) is 0.648. The van der Waals surface area contributed by atoms with E-state index in [9.17, 15) is 14.0 Å². The smallest absolute Gasteiger partial charge is 0.251 e. The molecule has 0 aliphatic heterocycles. The van der Waals surface area contributed by atoms with Crippen LogP contribution in [0.1, 0.15) is 36.5 Å². The molecule has 1 rings (SSSR count). The Morgan fingerprint density at radius 3 is 2.68 bits per heavy atom. The van der Waals surface area contributed by atoms with Gasteiger partial charge in [0.2, 0.25) is 5.91 Å². The molecule has 0 saturated heterocycles. The van der Waals surface area contributed by atoms with Crippen LogP contribution >= 0.6 is 0 Å². The normalized spacial score (nSPS) is 10.3. The van der Waals surface area contributed by atoms with Crippen molar-refractivity contribution in [2.45, 2.75) is 26.2 Å². The molecule has 0 atom stereocenters. The van der Waals surface area contributed by atoms with Gasteiger partial charge in [-0.15, -0.1) is 0 Å². The van der Waals surface area contributed by atoms with Gasteiger partial charge in [0.15, 0.2) is 0 Å². The van der Waals surface area contributed by atoms with E-state index in [1.165, 1.54) is 18.2 Å². The van der Waals surface area contributed by atoms with Gasteiger partial charge in [-0.05, 0) is 31.0 Å². The van der Waals surface area contributed by atoms with Gasteiger partial charge in [0.05, 0.1) is 6.54 Å². The van der Waals surface area contributed by atoms with Crippen molar-refractivity contribution in [3.05, 3.63) is 35.6 Å². The van der Waals surface area contributed by atoms with E-state index in [1.54, 1.807) is 0 Å². The summed E-state index contributed by atoms with van der Waals surface area (Å²) in [6.07, 6.45) is 2.87. The third-order valence-electron chi connectivity index (χ3n) is 2.93. The van der Waals surface area contributed by atoms with E-state index in [0.717, 1.165) is 31.9 Å². The number of nitrogens with one attached hydrogen (secondary N) is 2. The maximum absolute atomic E-state index is 13.0. The van der Waals surface area contributed by atoms with Crippen LogP contribution in [0.4, 0.5) is 4.39 Å². The van der Waals surface area contributed by atoms with Crippen LogP contribution in [0.3, 0.4) is 0 Å². The molecule has 0 bridgehead atoms. The van der Waals surface area contributed by atoms with Gasteiger partial charge < -0.3 is 15.4 Å². The van der Waals surface area contributed by atoms with Crippen molar-refractivity contribution >= 4 is 11.8 Å². The lowest BCUT2D eigenvalue weighted by molar-refractivity contribution is -0.120. The molecule has 0 aliphatic carbocycles. The first-order chi connectivity index (χ1) is 10.6. The SMILES string of the molecule is CCCCOCCCNC(=O)CNC(=O)c1cccc(F)c1. The molecule has 0 heterocycles. The van der Waals surface area contributed by atoms with Gasteiger partial charge in [-0.2, -0.15) is 0 Å². The molecule has 5 nitrogen and oxygen atoms in total. The van der Waals surface area contributed by atoms with E-state index < -0.39 is 11.7 Å². The molecule has 0 aliphatic rings. The third-order valence-corrected chi connectivity index (χ3v) is 2.93. The maximum Gasteiger partial charge on any atom is 0.251 e. The zero-order chi connectivity index (χ0) is 16.2. The predicted molar refractivity (Wildman–Crippen MR) is 82.1 cm³/mol. The first kappa shape index (κ1) is 18.1. The van der Waals surface area contributed by atoms with Crippen LogP contribution < -0.4 is 10.6 Å². The Hall–Kier alpha value is -1.95. The molecule has 0 unspecified atom stereocenters. The lowest BCUT2D eigenvalue weighted by Gasteiger charge is -2.07. The van der Waals surface area contributed by atoms with E-state index in [0.29, 0.717) is 13.2 Å². The van der Waals surface area contributed by atoms with Crippen molar-refractivity contribution < 1.29 is 18.7 Å². The van der Waals surface area contributed by atoms with Gasteiger partial charge in [-0.1, -0.05) is 19.4 Å². The highest BCUT2D eigenvalue weighted by atomic mass is 19.1. The molecule has 0 aromatic heterocycles. The molecule has 0 fully saturated rings. The molecule has 1 aromatic carbocycles. The molecular formula is C16H23FN2O3. The Labute approximate surface area is 130 Å². The highest BCUT2D eigenvalue weighted by Crippen LogP contribution is 2.02. The first-order valence-corrected chi connectivity index (χ1v) is 7.51. The second kappa shape index (κ2) is 10.7. The number of carbonyl (C=O) groups is 2. The standard InChI is InChI=1S/C16H23FN2O3/c1-2-3-9-22-10-5-8-18-15(20)12-19-16(21)13-6-4-7-14(17)11-13/h4,6-7,11H,2-3,5,8-10,12H2,1H3,(H,18,20)(H,19,21). The van der Waals surface area contributed by atoms with Crippen molar-refractivity contribution in [2.75, 3.05) is 26.3 Å². The number of rotatable bonds is 10. The monoisotopic (exact) mass is 310 g/mol. The summed E-state index contributed by atoms with van der Waals surface area (Å²) < 4.78 is 18.3. The van der Waals surface area contributed by atoms with Crippen molar-refractivity contribution in [2.24, 2.45) is 0 Å². The predicted octanol–water partition coefficient (Wildman–Crippen LogP) is 1.88. The summed E-state index contributed by atoms with van der Waals surface area (Å²) in [6.45, 7) is 3.82. The fraction of sp³-hybridized carbons (Fsp3) is 0.500. The lowest BCUT2D eigenvalue weighted by atomic mass is 10.2. The van der Waals surface area contributed by atoms with E-state index in [1.807, 2.05) is 0 Å². The molecular weight excluding hydrogens is 287 g/mol. The Morgan fingerprint density at radius 1 is 1.18 bits per heavy atom. The highest BCUT2D eigenvalue weighted by Gasteiger charge is 2.08. The molecule has 1 aromatic rings. The molecule has 6 heteroatoms. The van der Waals surface area contributed by atoms with Crippen molar-refractivity contribution in [1.82, 2.24) is 10.6 Å². The van der Waals surface area contributed by atoms with Gasteiger partial charge in [-0.3, -0.25) is 9.59 Å². The van der Waals surface area contributed by atoms with E-state index in [-0.39, 0.29) is 18.0 Å². The van der Waals surface area contributed by atoms with Gasteiger partial charge in [-0.25, -0.2) is 4.39 Å². The fourth-order valence-corrected chi connectivity index (χ4v) is 1.71. The minimum absolute atomic E-state index is 0.133. The van der Waals surface area contributed by atoms with Gasteiger partial charge >= 0.3 is 0 Å². The molecule has 0 spiro atoms. The second-order valence-electron chi connectivity index (χ2n) is 4.86. The van der Waals surface area contributed by atoms with E-state index in [2.05, 4.69) is 17.6 Å². The number of unbranched alkanes of at least 4 members (excludes halogenated alkanes) is 1. The largest absolute Gasteiger partial charge is 0.381 e. The Kier molecular flexibility index (Phi) is 8.83. The topological polar surface area (TPSA) is 67.4 Å². The summed E-state index contributed by atoms with van der Waals surface area (Å²) in [5.74, 6) is -1.24. The number of benzene rings is 1. The zero-order valence-electron chi connectivity index (χ0n) is 12.9. The van der Waals surface area contributed by atoms with Crippen LogP contribution in [0, 0.1) is 5.82 Å². The van der Waals surface area contributed by atoms with Crippen LogP contribution in [-0.4, -0.2) is 38.1 Å². The number of hydrogen-bond acceptors (Lipinski definition) is 3. The summed E-state index contributed by atoms with van der Waals surface area (Å²) in [7, 11) is 0. The summed E-state index contributed by atoms with van der Waals surface area (Å²) >= 11 is 0. The number of amides is 2. The Bertz CT molecular complexity index is 480. The number of ether oxygens (including phenoxy) is 1. The third kappa shape index (κ3) is 7.73. The minimum atomic E-state index is -0.486. The van der Waals surface area contributed by atoms with Crippen LogP contribution in [0.5, 0.6) is 0 Å². The van der Waals surface area contributed by atoms with Gasteiger partial charge in [0.25, 0.3) is 5.91 Å². The minimum Gasteiger partial charge on any atom is -0.381 e. The molecule has 22 heavy (non-hydrogen) atoms. The molecule has 0 radical (unpaired) electrons. The molecule has 2 amide bonds. The van der Waals surface area contributed by atoms with Crippen molar-refractivity contribution in [3.8, 4) is 0 Å². The lowest BCUT2D eigenvalue weighted by Crippen LogP contribution is -2.37. The summed E-state index contributed by atoms with van der Waals surface area (Å²) in [4.78, 5) is 23.2. The number of hydrogen-bond donors (Lipinski definition) is 2. The Balaban J connectivity index is 2.11. The zero-order valence-corrected chi connectivity index (χ0v) is 12.9. The molecule has 122 valence electrons.